The lowest BCUT2D eigenvalue weighted by Gasteiger charge is -2.00. The highest BCUT2D eigenvalue weighted by atomic mass is 35.5. The third-order valence-electron chi connectivity index (χ3n) is 5.01. The maximum Gasteiger partial charge on any atom is 0.335 e. The topological polar surface area (TPSA) is 102 Å². The van der Waals surface area contributed by atoms with Crippen molar-refractivity contribution in [3.05, 3.63) is 101 Å². The second-order valence-electron chi connectivity index (χ2n) is 7.30. The number of aromatic carboxylic acids is 1. The Labute approximate surface area is 193 Å². The molecule has 0 saturated heterocycles. The van der Waals surface area contributed by atoms with E-state index in [0.717, 1.165) is 22.3 Å². The fourth-order valence-electron chi connectivity index (χ4n) is 3.32. The number of nitrogens with zero attached hydrogens (tertiary/aromatic N) is 3. The van der Waals surface area contributed by atoms with Crippen molar-refractivity contribution in [3.63, 3.8) is 0 Å². The summed E-state index contributed by atoms with van der Waals surface area (Å²) in [5.74, 6) is 0.951. The van der Waals surface area contributed by atoms with Gasteiger partial charge in [-0.05, 0) is 60.2 Å². The van der Waals surface area contributed by atoms with Gasteiger partial charge in [0.2, 0.25) is 17.7 Å². The molecule has 0 fully saturated rings. The van der Waals surface area contributed by atoms with Crippen molar-refractivity contribution in [2.75, 3.05) is 0 Å². The van der Waals surface area contributed by atoms with E-state index in [2.05, 4.69) is 15.2 Å². The summed E-state index contributed by atoms with van der Waals surface area (Å²) >= 11 is 5.95. The van der Waals surface area contributed by atoms with E-state index in [1.165, 1.54) is 0 Å². The molecule has 5 aromatic rings. The van der Waals surface area contributed by atoms with E-state index in [0.29, 0.717) is 34.9 Å². The summed E-state index contributed by atoms with van der Waals surface area (Å²) in [5.41, 5.74) is 3.49. The molecular formula is C25H16ClN3O4. The van der Waals surface area contributed by atoms with Crippen LogP contribution in [0.25, 0.3) is 34.2 Å². The van der Waals surface area contributed by atoms with Gasteiger partial charge in [0.25, 0.3) is 0 Å². The molecule has 0 atom stereocenters. The van der Waals surface area contributed by atoms with Crippen molar-refractivity contribution < 1.29 is 18.7 Å². The minimum Gasteiger partial charge on any atom is -0.478 e. The van der Waals surface area contributed by atoms with Crippen LogP contribution in [0, 0.1) is 0 Å². The van der Waals surface area contributed by atoms with Crippen LogP contribution < -0.4 is 0 Å². The van der Waals surface area contributed by atoms with E-state index in [-0.39, 0.29) is 5.56 Å². The van der Waals surface area contributed by atoms with E-state index in [1.54, 1.807) is 42.6 Å². The predicted molar refractivity (Wildman–Crippen MR) is 122 cm³/mol. The molecule has 0 aliphatic carbocycles. The SMILES string of the molecule is O=C(O)c1ccc(Cc2nnc(-c3cccc(-c4ncc(-c5ccc(Cl)cc5)o4)c3)o2)cc1. The Morgan fingerprint density at radius 1 is 0.848 bits per heavy atom. The van der Waals surface area contributed by atoms with Gasteiger partial charge in [-0.3, -0.25) is 0 Å². The van der Waals surface area contributed by atoms with Gasteiger partial charge in [0.05, 0.1) is 18.2 Å². The highest BCUT2D eigenvalue weighted by Gasteiger charge is 2.13. The zero-order chi connectivity index (χ0) is 22.8. The van der Waals surface area contributed by atoms with Crippen LogP contribution in [0.1, 0.15) is 21.8 Å². The standard InChI is InChI=1S/C25H16ClN3O4/c26-20-10-8-16(9-11-20)21-14-27-23(32-21)18-2-1-3-19(13-18)24-29-28-22(33-24)12-15-4-6-17(7-5-15)25(30)31/h1-11,13-14H,12H2,(H,30,31). The second kappa shape index (κ2) is 8.72. The van der Waals surface area contributed by atoms with Gasteiger partial charge in [0.1, 0.15) is 0 Å². The third kappa shape index (κ3) is 4.53. The Kier molecular flexibility index (Phi) is 5.46. The summed E-state index contributed by atoms with van der Waals surface area (Å²) in [6.45, 7) is 0. The van der Waals surface area contributed by atoms with Crippen LogP contribution in [-0.2, 0) is 6.42 Å². The van der Waals surface area contributed by atoms with Gasteiger partial charge in [-0.15, -0.1) is 10.2 Å². The predicted octanol–water partition coefficient (Wildman–Crippen LogP) is 6.00. The summed E-state index contributed by atoms with van der Waals surface area (Å²) in [5, 5.41) is 17.9. The van der Waals surface area contributed by atoms with Crippen LogP contribution in [0.5, 0.6) is 0 Å². The summed E-state index contributed by atoms with van der Waals surface area (Å²) < 4.78 is 11.8. The molecule has 5 rings (SSSR count). The monoisotopic (exact) mass is 457 g/mol. The number of carbonyl (C=O) groups is 1. The lowest BCUT2D eigenvalue weighted by Crippen LogP contribution is -1.96. The number of hydrogen-bond acceptors (Lipinski definition) is 6. The van der Waals surface area contributed by atoms with Gasteiger partial charge < -0.3 is 13.9 Å². The fraction of sp³-hybridized carbons (Fsp3) is 0.0400. The van der Waals surface area contributed by atoms with E-state index >= 15 is 0 Å². The first kappa shape index (κ1) is 20.7. The molecule has 1 N–H and O–H groups in total. The Bertz CT molecular complexity index is 1420. The summed E-state index contributed by atoms with van der Waals surface area (Å²) in [6.07, 6.45) is 2.07. The van der Waals surface area contributed by atoms with E-state index < -0.39 is 5.97 Å². The molecular weight excluding hydrogens is 442 g/mol. The maximum atomic E-state index is 11.0. The third-order valence-corrected chi connectivity index (χ3v) is 5.27. The number of halogens is 1. The van der Waals surface area contributed by atoms with E-state index in [1.807, 2.05) is 36.4 Å². The van der Waals surface area contributed by atoms with E-state index in [9.17, 15) is 4.79 Å². The minimum absolute atomic E-state index is 0.229. The van der Waals surface area contributed by atoms with Crippen LogP contribution in [0.3, 0.4) is 0 Å². The number of hydrogen-bond donors (Lipinski definition) is 1. The van der Waals surface area contributed by atoms with Gasteiger partial charge in [0, 0.05) is 21.7 Å². The number of oxazole rings is 1. The molecule has 0 unspecified atom stereocenters. The molecule has 0 bridgehead atoms. The molecule has 3 aromatic carbocycles. The molecule has 8 heteroatoms. The molecule has 0 spiro atoms. The Morgan fingerprint density at radius 2 is 1.58 bits per heavy atom. The lowest BCUT2D eigenvalue weighted by atomic mass is 10.1. The van der Waals surface area contributed by atoms with Crippen LogP contribution in [-0.4, -0.2) is 26.3 Å². The molecule has 0 amide bonds. The van der Waals surface area contributed by atoms with Crippen molar-refractivity contribution >= 4 is 17.6 Å². The number of benzene rings is 3. The summed E-state index contributed by atoms with van der Waals surface area (Å²) in [4.78, 5) is 15.4. The second-order valence-corrected chi connectivity index (χ2v) is 7.73. The normalized spacial score (nSPS) is 10.9. The van der Waals surface area contributed by atoms with Crippen molar-refractivity contribution in [3.8, 4) is 34.2 Å². The van der Waals surface area contributed by atoms with Gasteiger partial charge in [0.15, 0.2) is 5.76 Å². The molecule has 7 nitrogen and oxygen atoms in total. The Morgan fingerprint density at radius 3 is 2.30 bits per heavy atom. The zero-order valence-corrected chi connectivity index (χ0v) is 17.9. The molecule has 0 saturated carbocycles. The van der Waals surface area contributed by atoms with Gasteiger partial charge >= 0.3 is 5.97 Å². The molecule has 162 valence electrons. The maximum absolute atomic E-state index is 11.0. The molecule has 33 heavy (non-hydrogen) atoms. The first-order valence-electron chi connectivity index (χ1n) is 10.0. The summed E-state index contributed by atoms with van der Waals surface area (Å²) in [7, 11) is 0. The first-order chi connectivity index (χ1) is 16.0. The van der Waals surface area contributed by atoms with E-state index in [4.69, 9.17) is 25.5 Å². The van der Waals surface area contributed by atoms with Crippen LogP contribution in [0.15, 0.2) is 87.8 Å². The number of carboxylic acid groups (broad SMARTS) is 1. The lowest BCUT2D eigenvalue weighted by molar-refractivity contribution is 0.0697. The summed E-state index contributed by atoms with van der Waals surface area (Å²) in [6, 6.07) is 21.4. The highest BCUT2D eigenvalue weighted by Crippen LogP contribution is 2.29. The van der Waals surface area contributed by atoms with Gasteiger partial charge in [-0.2, -0.15) is 0 Å². The quantitative estimate of drug-likeness (QED) is 0.333. The smallest absolute Gasteiger partial charge is 0.335 e. The molecule has 2 aromatic heterocycles. The minimum atomic E-state index is -0.965. The highest BCUT2D eigenvalue weighted by molar-refractivity contribution is 6.30. The van der Waals surface area contributed by atoms with Crippen LogP contribution >= 0.6 is 11.6 Å². The zero-order valence-electron chi connectivity index (χ0n) is 17.1. The first-order valence-corrected chi connectivity index (χ1v) is 10.4. The number of carboxylic acids is 1. The average Bonchev–Trinajstić information content (AvgIpc) is 3.50. The van der Waals surface area contributed by atoms with Crippen molar-refractivity contribution in [1.29, 1.82) is 0 Å². The molecule has 2 heterocycles. The fourth-order valence-corrected chi connectivity index (χ4v) is 3.45. The van der Waals surface area contributed by atoms with Crippen LogP contribution in [0.2, 0.25) is 5.02 Å². The molecule has 0 aliphatic heterocycles. The number of rotatable bonds is 6. The average molecular weight is 458 g/mol. The largest absolute Gasteiger partial charge is 0.478 e. The number of aromatic nitrogens is 3. The molecule has 0 radical (unpaired) electrons. The van der Waals surface area contributed by atoms with Crippen molar-refractivity contribution in [1.82, 2.24) is 15.2 Å². The van der Waals surface area contributed by atoms with Crippen molar-refractivity contribution in [2.24, 2.45) is 0 Å². The van der Waals surface area contributed by atoms with Crippen LogP contribution in [0.4, 0.5) is 0 Å². The Balaban J connectivity index is 1.35. The Hall–Kier alpha value is -4.23. The molecule has 0 aliphatic rings. The van der Waals surface area contributed by atoms with Gasteiger partial charge in [-0.1, -0.05) is 29.8 Å². The van der Waals surface area contributed by atoms with Crippen molar-refractivity contribution in [2.45, 2.75) is 6.42 Å². The van der Waals surface area contributed by atoms with Gasteiger partial charge in [-0.25, -0.2) is 9.78 Å².